The molecular formula is C25H29N5O2S. The Hall–Kier alpha value is -3.39. The van der Waals surface area contributed by atoms with Gasteiger partial charge in [-0.2, -0.15) is 0 Å². The number of anilines is 2. The number of rotatable bonds is 5. The summed E-state index contributed by atoms with van der Waals surface area (Å²) in [6.07, 6.45) is 1.79. The molecule has 0 aliphatic carbocycles. The first-order valence-electron chi connectivity index (χ1n) is 10.8. The van der Waals surface area contributed by atoms with Crippen LogP contribution in [0.2, 0.25) is 0 Å². The van der Waals surface area contributed by atoms with E-state index in [1.54, 1.807) is 13.3 Å². The Balaban J connectivity index is 1.74. The summed E-state index contributed by atoms with van der Waals surface area (Å²) >= 11 is 5.78. The minimum atomic E-state index is -0.517. The highest BCUT2D eigenvalue weighted by molar-refractivity contribution is 7.80. The van der Waals surface area contributed by atoms with Gasteiger partial charge in [0.05, 0.1) is 24.5 Å². The molecule has 1 aliphatic heterocycles. The zero-order valence-electron chi connectivity index (χ0n) is 19.5. The lowest BCUT2D eigenvalue weighted by atomic mass is 9.95. The molecule has 1 amide bonds. The number of carbonyl (C=O) groups is 1. The molecule has 0 bridgehead atoms. The number of methoxy groups -OCH3 is 1. The fourth-order valence-corrected chi connectivity index (χ4v) is 4.24. The topological polar surface area (TPSA) is 82.3 Å². The molecule has 0 spiro atoms. The van der Waals surface area contributed by atoms with Gasteiger partial charge in [0.15, 0.2) is 5.11 Å². The predicted molar refractivity (Wildman–Crippen MR) is 135 cm³/mol. The third kappa shape index (κ3) is 4.57. The average molecular weight is 464 g/mol. The van der Waals surface area contributed by atoms with Gasteiger partial charge in [-0.25, -0.2) is 0 Å². The standard InChI is InChI=1S/C25H29N5O2S/c1-15-9-11-19(27-15)22-21(18-8-6-7-13-26-18)29-24(33)30(22)16-10-12-17(20(14-16)32-5)28-23(31)25(2,3)4/h6-14,21-22,27H,1-5H3,(H,28,31)(H,29,33)/t21-,22-/m1/s1. The number of carbonyl (C=O) groups excluding carboxylic acids is 1. The number of thiocarbonyl (C=S) groups is 1. The van der Waals surface area contributed by atoms with Crippen LogP contribution in [0.15, 0.2) is 54.7 Å². The number of nitrogens with zero attached hydrogens (tertiary/aromatic N) is 2. The van der Waals surface area contributed by atoms with Gasteiger partial charge in [0.25, 0.3) is 0 Å². The van der Waals surface area contributed by atoms with E-state index < -0.39 is 5.41 Å². The first-order valence-corrected chi connectivity index (χ1v) is 11.3. The van der Waals surface area contributed by atoms with Crippen molar-refractivity contribution in [2.45, 2.75) is 39.8 Å². The van der Waals surface area contributed by atoms with Gasteiger partial charge in [-0.15, -0.1) is 0 Å². The molecular weight excluding hydrogens is 434 g/mol. The Kier molecular flexibility index (Phi) is 6.12. The number of benzene rings is 1. The fraction of sp³-hybridized carbons (Fsp3) is 0.320. The summed E-state index contributed by atoms with van der Waals surface area (Å²) in [5, 5.41) is 7.00. The van der Waals surface area contributed by atoms with Gasteiger partial charge in [-0.05, 0) is 55.5 Å². The highest BCUT2D eigenvalue weighted by Gasteiger charge is 2.41. The Labute approximate surface area is 199 Å². The van der Waals surface area contributed by atoms with E-state index >= 15 is 0 Å². The first kappa shape index (κ1) is 22.8. The monoisotopic (exact) mass is 463 g/mol. The summed E-state index contributed by atoms with van der Waals surface area (Å²) in [5.41, 5.74) is 3.96. The third-order valence-corrected chi connectivity index (χ3v) is 5.98. The predicted octanol–water partition coefficient (Wildman–Crippen LogP) is 4.89. The number of ether oxygens (including phenoxy) is 1. The summed E-state index contributed by atoms with van der Waals surface area (Å²) in [4.78, 5) is 22.6. The van der Waals surface area contributed by atoms with Gasteiger partial charge in [0.1, 0.15) is 11.8 Å². The molecule has 3 heterocycles. The number of aromatic amines is 1. The van der Waals surface area contributed by atoms with Gasteiger partial charge in [-0.3, -0.25) is 9.78 Å². The van der Waals surface area contributed by atoms with Crippen LogP contribution in [0.25, 0.3) is 0 Å². The summed E-state index contributed by atoms with van der Waals surface area (Å²) in [6.45, 7) is 7.65. The second-order valence-electron chi connectivity index (χ2n) is 9.18. The molecule has 33 heavy (non-hydrogen) atoms. The Morgan fingerprint density at radius 1 is 1.18 bits per heavy atom. The molecule has 1 fully saturated rings. The van der Waals surface area contributed by atoms with Crippen molar-refractivity contribution in [2.75, 3.05) is 17.3 Å². The van der Waals surface area contributed by atoms with Crippen molar-refractivity contribution >= 4 is 34.6 Å². The quantitative estimate of drug-likeness (QED) is 0.468. The van der Waals surface area contributed by atoms with Crippen LogP contribution in [0.5, 0.6) is 5.75 Å². The summed E-state index contributed by atoms with van der Waals surface area (Å²) in [6, 6.07) is 15.4. The van der Waals surface area contributed by atoms with Crippen LogP contribution in [0.3, 0.4) is 0 Å². The van der Waals surface area contributed by atoms with Gasteiger partial charge < -0.3 is 25.3 Å². The van der Waals surface area contributed by atoms with Crippen molar-refractivity contribution in [1.82, 2.24) is 15.3 Å². The van der Waals surface area contributed by atoms with E-state index in [9.17, 15) is 4.79 Å². The number of hydrogen-bond donors (Lipinski definition) is 3. The number of nitrogens with one attached hydrogen (secondary N) is 3. The molecule has 1 aliphatic rings. The van der Waals surface area contributed by atoms with Crippen molar-refractivity contribution < 1.29 is 9.53 Å². The second kappa shape index (κ2) is 8.86. The van der Waals surface area contributed by atoms with Crippen LogP contribution in [-0.2, 0) is 4.79 Å². The number of hydrogen-bond acceptors (Lipinski definition) is 4. The Morgan fingerprint density at radius 2 is 1.97 bits per heavy atom. The van der Waals surface area contributed by atoms with Gasteiger partial charge in [0, 0.05) is 34.8 Å². The number of aromatic nitrogens is 2. The van der Waals surface area contributed by atoms with Crippen LogP contribution in [0, 0.1) is 12.3 Å². The van der Waals surface area contributed by atoms with E-state index in [4.69, 9.17) is 17.0 Å². The maximum absolute atomic E-state index is 12.5. The van der Waals surface area contributed by atoms with Crippen LogP contribution in [0.4, 0.5) is 11.4 Å². The maximum Gasteiger partial charge on any atom is 0.229 e. The number of amides is 1. The SMILES string of the molecule is COc1cc(N2C(=S)N[C@H](c3ccccn3)[C@H]2c2ccc(C)[nH]2)ccc1NC(=O)C(C)(C)C. The number of aryl methyl sites for hydroxylation is 1. The molecule has 172 valence electrons. The van der Waals surface area contributed by atoms with Gasteiger partial charge in [-0.1, -0.05) is 26.8 Å². The zero-order chi connectivity index (χ0) is 23.8. The molecule has 1 aromatic carbocycles. The smallest absolute Gasteiger partial charge is 0.229 e. The zero-order valence-corrected chi connectivity index (χ0v) is 20.3. The number of pyridine rings is 1. The van der Waals surface area contributed by atoms with Crippen LogP contribution < -0.4 is 20.3 Å². The molecule has 0 unspecified atom stereocenters. The Bertz CT molecular complexity index is 1170. The van der Waals surface area contributed by atoms with Gasteiger partial charge in [0.2, 0.25) is 5.91 Å². The third-order valence-electron chi connectivity index (χ3n) is 5.66. The highest BCUT2D eigenvalue weighted by atomic mass is 32.1. The lowest BCUT2D eigenvalue weighted by Crippen LogP contribution is -2.30. The van der Waals surface area contributed by atoms with Crippen LogP contribution >= 0.6 is 12.2 Å². The molecule has 0 saturated carbocycles. The van der Waals surface area contributed by atoms with Crippen LogP contribution in [-0.4, -0.2) is 28.1 Å². The normalized spacial score (nSPS) is 18.2. The maximum atomic E-state index is 12.5. The largest absolute Gasteiger partial charge is 0.494 e. The van der Waals surface area contributed by atoms with Crippen molar-refractivity contribution in [1.29, 1.82) is 0 Å². The van der Waals surface area contributed by atoms with Crippen LogP contribution in [0.1, 0.15) is 49.9 Å². The second-order valence-corrected chi connectivity index (χ2v) is 9.57. The molecule has 8 heteroatoms. The molecule has 2 atom stereocenters. The highest BCUT2D eigenvalue weighted by Crippen LogP contribution is 2.43. The van der Waals surface area contributed by atoms with E-state index in [1.165, 1.54) is 0 Å². The van der Waals surface area contributed by atoms with Gasteiger partial charge >= 0.3 is 0 Å². The molecule has 1 saturated heterocycles. The van der Waals surface area contributed by atoms with Crippen molar-refractivity contribution in [3.8, 4) is 5.75 Å². The van der Waals surface area contributed by atoms with E-state index in [2.05, 4.69) is 37.6 Å². The molecule has 7 nitrogen and oxygen atoms in total. The van der Waals surface area contributed by atoms with Crippen molar-refractivity contribution in [2.24, 2.45) is 5.41 Å². The summed E-state index contributed by atoms with van der Waals surface area (Å²) in [5.74, 6) is 0.484. The lowest BCUT2D eigenvalue weighted by Gasteiger charge is -2.28. The average Bonchev–Trinajstić information content (AvgIpc) is 3.36. The molecule has 2 aromatic heterocycles. The fourth-order valence-electron chi connectivity index (χ4n) is 3.89. The summed E-state index contributed by atoms with van der Waals surface area (Å²) in [7, 11) is 1.59. The molecule has 4 rings (SSSR count). The van der Waals surface area contributed by atoms with E-state index in [-0.39, 0.29) is 18.0 Å². The Morgan fingerprint density at radius 3 is 2.58 bits per heavy atom. The minimum absolute atomic E-state index is 0.0816. The minimum Gasteiger partial charge on any atom is -0.494 e. The molecule has 3 N–H and O–H groups in total. The van der Waals surface area contributed by atoms with Crippen molar-refractivity contribution in [3.05, 3.63) is 71.8 Å². The number of H-pyrrole nitrogens is 1. The van der Waals surface area contributed by atoms with E-state index in [0.717, 1.165) is 22.8 Å². The lowest BCUT2D eigenvalue weighted by molar-refractivity contribution is -0.123. The summed E-state index contributed by atoms with van der Waals surface area (Å²) < 4.78 is 5.63. The van der Waals surface area contributed by atoms with E-state index in [1.807, 2.05) is 64.1 Å². The van der Waals surface area contributed by atoms with Crippen molar-refractivity contribution in [3.63, 3.8) is 0 Å². The van der Waals surface area contributed by atoms with E-state index in [0.29, 0.717) is 16.5 Å². The first-order chi connectivity index (χ1) is 15.7. The molecule has 0 radical (unpaired) electrons. The molecule has 3 aromatic rings.